The Kier molecular flexibility index (Phi) is 11.1. The number of aryl methyl sites for hydroxylation is 1. The molecule has 8 nitrogen and oxygen atoms in total. The third kappa shape index (κ3) is 8.81. The maximum atomic E-state index is 13.0. The number of carbonyl (C=O) groups is 3. The molecule has 0 bridgehead atoms. The Hall–Kier alpha value is -0.692. The minimum absolute atomic E-state index is 0.107. The van der Waals surface area contributed by atoms with Crippen molar-refractivity contribution in [1.29, 1.82) is 0 Å². The molecular formula is C20H31ClN4O4Ra. The van der Waals surface area contributed by atoms with Crippen molar-refractivity contribution in [3.63, 3.8) is 0 Å². The van der Waals surface area contributed by atoms with Crippen molar-refractivity contribution in [3.05, 3.63) is 34.3 Å². The summed E-state index contributed by atoms with van der Waals surface area (Å²) in [4.78, 5) is 37.2. The topological polar surface area (TPSA) is 134 Å². The first-order chi connectivity index (χ1) is 14.5. The molecule has 1 aromatic carbocycles. The summed E-state index contributed by atoms with van der Waals surface area (Å²) in [6.07, 6.45) is -0.851. The second-order valence-corrected chi connectivity index (χ2v) is 10.7. The summed E-state index contributed by atoms with van der Waals surface area (Å²) in [7, 11) is 0. The number of rotatable bonds is 11. The van der Waals surface area contributed by atoms with Crippen molar-refractivity contribution in [3.8, 4) is 0 Å². The molecule has 1 rings (SSSR count). The Morgan fingerprint density at radius 1 is 1.23 bits per heavy atom. The van der Waals surface area contributed by atoms with Crippen LogP contribution >= 0.6 is 11.6 Å². The fourth-order valence-corrected chi connectivity index (χ4v) is 5.25. The van der Waals surface area contributed by atoms with Gasteiger partial charge >= 0.3 is 216 Å². The molecule has 10 heteroatoms. The van der Waals surface area contributed by atoms with Gasteiger partial charge in [-0.25, -0.2) is 0 Å². The van der Waals surface area contributed by atoms with Crippen LogP contribution in [0.5, 0.6) is 0 Å². The first kappa shape index (κ1) is 25.6. The third-order valence-electron chi connectivity index (χ3n) is 4.69. The molecule has 164 valence electrons. The Labute approximate surface area is 214 Å². The van der Waals surface area contributed by atoms with E-state index >= 15 is 0 Å². The zero-order valence-corrected chi connectivity index (χ0v) is 27.1. The number of carbonyl (C=O) groups excluding carboxylic acids is 3. The average Bonchev–Trinajstić information content (AvgIpc) is 2.70. The molecule has 0 saturated heterocycles. The van der Waals surface area contributed by atoms with Crippen LogP contribution in [-0.4, -0.2) is 41.0 Å². The Morgan fingerprint density at radius 3 is 2.43 bits per heavy atom. The summed E-state index contributed by atoms with van der Waals surface area (Å²) in [5.41, 5.74) is 2.96. The summed E-state index contributed by atoms with van der Waals surface area (Å²) < 4.78 is 10.0. The van der Waals surface area contributed by atoms with Gasteiger partial charge in [0.25, 0.3) is 0 Å². The molecule has 30 heavy (non-hydrogen) atoms. The summed E-state index contributed by atoms with van der Waals surface area (Å²) in [6, 6.07) is 2.61. The number of aliphatic hydroxyl groups excluding tert-OH is 1. The van der Waals surface area contributed by atoms with Crippen molar-refractivity contribution in [2.75, 3.05) is 0 Å². The molecule has 0 saturated carbocycles. The standard InChI is InChI=1S/C20H30ClN4O4.Ra.H/c1-10(2)7-15(22)19(28)25-17(20(29)24-12(4)8-16(23)26)18(27)13-6-5-11(3)14(21)9-13;;/h5-6,9-10,12,15,17-18,22,27H,7-8H2,1-4H3,(H2,23,26)(H,24,29)(H,25,28);;/q-1;+1;/t12-,15-,17-,18-;;/m1../s1/i/hT. The molecule has 0 fully saturated rings. The number of amides is 3. The van der Waals surface area contributed by atoms with Crippen LogP contribution in [0.15, 0.2) is 18.2 Å². The fraction of sp³-hybridized carbons (Fsp3) is 0.550. The molecule has 1 aromatic rings. The van der Waals surface area contributed by atoms with Crippen LogP contribution in [-0.2, 0) is 14.4 Å². The molecule has 3 amide bonds. The van der Waals surface area contributed by atoms with E-state index in [1.54, 1.807) is 30.8 Å². The minimum atomic E-state index is -1.35. The Balaban J connectivity index is 3.12. The second kappa shape index (κ2) is 13.0. The van der Waals surface area contributed by atoms with Crippen LogP contribution in [0.4, 0.5) is 0 Å². The zero-order valence-electron chi connectivity index (χ0n) is 19.1. The number of hydrogen-bond donors (Lipinski definition) is 5. The normalized spacial score (nSPS) is 15.5. The number of halogens is 1. The van der Waals surface area contributed by atoms with E-state index in [1.165, 1.54) is 0 Å². The van der Waals surface area contributed by atoms with E-state index in [-0.39, 0.29) is 61.5 Å². The molecule has 4 atom stereocenters. The Bertz CT molecular complexity index is 784. The van der Waals surface area contributed by atoms with E-state index in [0.29, 0.717) is 17.0 Å². The summed E-state index contributed by atoms with van der Waals surface area (Å²) in [5, 5.41) is 16.7. The van der Waals surface area contributed by atoms with Gasteiger partial charge in [-0.2, -0.15) is 0 Å². The van der Waals surface area contributed by atoms with Gasteiger partial charge in [0.15, 0.2) is 0 Å². The molecule has 6 N–H and O–H groups in total. The van der Waals surface area contributed by atoms with E-state index in [2.05, 4.69) is 11.5 Å². The van der Waals surface area contributed by atoms with E-state index in [4.69, 9.17) is 13.0 Å². The van der Waals surface area contributed by atoms with Crippen molar-refractivity contribution < 1.29 is 64.1 Å². The molecule has 0 aliphatic carbocycles. The van der Waals surface area contributed by atoms with Gasteiger partial charge in [-0.1, -0.05) is 0 Å². The van der Waals surface area contributed by atoms with Crippen molar-refractivity contribution in [2.45, 2.75) is 64.8 Å². The quantitative estimate of drug-likeness (QED) is 0.240. The van der Waals surface area contributed by atoms with Crippen LogP contribution in [0.2, 0.25) is 6.43 Å². The van der Waals surface area contributed by atoms with Crippen LogP contribution in [0.25, 0.3) is 0 Å². The Morgan fingerprint density at radius 2 is 1.90 bits per heavy atom. The molecule has 0 spiro atoms. The molecule has 0 aliphatic rings. The number of nitrogens with two attached hydrogens (primary N) is 1. The molecular weight excluding hydrogens is 622 g/mol. The average molecular weight is 655 g/mol. The van der Waals surface area contributed by atoms with Crippen LogP contribution in [0.3, 0.4) is 0 Å². The van der Waals surface area contributed by atoms with Crippen molar-refractivity contribution >= 4 is 29.3 Å². The van der Waals surface area contributed by atoms with E-state index in [1.807, 2.05) is 20.8 Å². The summed E-state index contributed by atoms with van der Waals surface area (Å²) in [6.45, 7) is 7.42. The summed E-state index contributed by atoms with van der Waals surface area (Å²) >= 11 is 6.06. The molecule has 0 aromatic heterocycles. The number of benzene rings is 1. The van der Waals surface area contributed by atoms with Gasteiger partial charge in [-0.15, -0.1) is 0 Å². The van der Waals surface area contributed by atoms with E-state index in [0.717, 1.165) is 5.56 Å². The predicted octanol–water partition coefficient (Wildman–Crippen LogP) is 0.748. The predicted molar refractivity (Wildman–Crippen MR) is 112 cm³/mol. The van der Waals surface area contributed by atoms with Crippen LogP contribution in [0.1, 0.15) is 50.8 Å². The van der Waals surface area contributed by atoms with Gasteiger partial charge in [0.05, 0.1) is 0 Å². The number of primary amides is 1. The van der Waals surface area contributed by atoms with Crippen molar-refractivity contribution in [2.24, 2.45) is 11.6 Å². The van der Waals surface area contributed by atoms with Crippen LogP contribution < -0.4 is 17.2 Å². The maximum absolute atomic E-state index is 13.0. The van der Waals surface area contributed by atoms with Gasteiger partial charge in [-0.3, -0.25) is 0 Å². The number of aliphatic hydroxyl groups is 1. The van der Waals surface area contributed by atoms with Gasteiger partial charge in [0.1, 0.15) is 0 Å². The van der Waals surface area contributed by atoms with Gasteiger partial charge < -0.3 is 0 Å². The second-order valence-electron chi connectivity index (χ2n) is 7.95. The molecule has 0 heterocycles. The van der Waals surface area contributed by atoms with E-state index in [9.17, 15) is 19.5 Å². The third-order valence-corrected chi connectivity index (χ3v) is 7.96. The van der Waals surface area contributed by atoms with Gasteiger partial charge in [0.2, 0.25) is 0 Å². The molecule has 0 aliphatic heterocycles. The first-order valence-corrected chi connectivity index (χ1v) is 14.4. The van der Waals surface area contributed by atoms with Gasteiger partial charge in [-0.05, 0) is 0 Å². The fourth-order valence-electron chi connectivity index (χ4n) is 3.02. The first-order valence-electron chi connectivity index (χ1n) is 10.4. The van der Waals surface area contributed by atoms with Gasteiger partial charge in [0, 0.05) is 0 Å². The molecule has 0 unspecified atom stereocenters. The molecule has 0 radical (unpaired) electrons. The summed E-state index contributed by atoms with van der Waals surface area (Å²) in [5.74, 6) is -1.28. The number of hydrogen-bond acceptors (Lipinski definition) is 5. The van der Waals surface area contributed by atoms with Crippen molar-refractivity contribution in [1.82, 2.24) is 11.5 Å². The number of nitrogens with one attached hydrogen (secondary N) is 3. The zero-order chi connectivity index (χ0) is 23.7. The van der Waals surface area contributed by atoms with E-state index < -0.39 is 36.0 Å². The monoisotopic (exact) mass is 654 g/mol. The van der Waals surface area contributed by atoms with Crippen LogP contribution in [0, 0.1) is 56.0 Å². The SMILES string of the molecule is [3H]NC(=O)C[C@@H](C)NC(=O)[C@H](NC(=O)[C@@H](CC(C)C)[NH][RaH])[C@H](O)c1ccc(C)c(Cl)c1.